The molecule has 3 nitrogen and oxygen atoms in total. The van der Waals surface area contributed by atoms with Crippen LogP contribution in [-0.2, 0) is 13.1 Å². The second-order valence-corrected chi connectivity index (χ2v) is 5.93. The second-order valence-electron chi connectivity index (χ2n) is 4.56. The summed E-state index contributed by atoms with van der Waals surface area (Å²) >= 11 is 1.85. The fraction of sp³-hybridized carbons (Fsp3) is 0.462. The smallest absolute Gasteiger partial charge is 0.0952 e. The first-order chi connectivity index (χ1) is 8.15. The normalized spacial score (nSPS) is 11.3. The van der Waals surface area contributed by atoms with Crippen molar-refractivity contribution in [2.75, 3.05) is 0 Å². The maximum atomic E-state index is 4.23. The largest absolute Gasteiger partial charge is 0.328 e. The van der Waals surface area contributed by atoms with Gasteiger partial charge in [-0.05, 0) is 19.1 Å². The van der Waals surface area contributed by atoms with Gasteiger partial charge >= 0.3 is 0 Å². The van der Waals surface area contributed by atoms with E-state index in [-0.39, 0.29) is 0 Å². The third-order valence-electron chi connectivity index (χ3n) is 2.61. The number of hydrogen-bond donors (Lipinski definition) is 1. The number of rotatable bonds is 5. The minimum atomic E-state index is 0.502. The Morgan fingerprint density at radius 1 is 1.41 bits per heavy atom. The maximum Gasteiger partial charge on any atom is 0.0952 e. The van der Waals surface area contributed by atoms with E-state index >= 15 is 0 Å². The first kappa shape index (κ1) is 12.3. The van der Waals surface area contributed by atoms with Crippen LogP contribution in [0.25, 0.3) is 0 Å². The molecule has 0 aliphatic rings. The van der Waals surface area contributed by atoms with Crippen molar-refractivity contribution >= 4 is 11.3 Å². The summed E-state index contributed by atoms with van der Waals surface area (Å²) in [6.45, 7) is 8.26. The van der Waals surface area contributed by atoms with Gasteiger partial charge in [-0.3, -0.25) is 0 Å². The molecule has 1 N–H and O–H groups in total. The third-order valence-corrected chi connectivity index (χ3v) is 3.60. The average molecular weight is 249 g/mol. The number of nitrogens with zero attached hydrogens (tertiary/aromatic N) is 2. The van der Waals surface area contributed by atoms with E-state index in [9.17, 15) is 0 Å². The summed E-state index contributed by atoms with van der Waals surface area (Å²) in [4.78, 5) is 6.97. The summed E-state index contributed by atoms with van der Waals surface area (Å²) in [6, 6.07) is 4.87. The van der Waals surface area contributed by atoms with Gasteiger partial charge in [-0.2, -0.15) is 0 Å². The molecule has 92 valence electrons. The van der Waals surface area contributed by atoms with E-state index in [1.807, 2.05) is 23.9 Å². The van der Waals surface area contributed by atoms with Crippen molar-refractivity contribution in [2.45, 2.75) is 39.9 Å². The molecule has 0 aromatic carbocycles. The van der Waals surface area contributed by atoms with Crippen LogP contribution in [0, 0.1) is 6.92 Å². The van der Waals surface area contributed by atoms with Crippen LogP contribution < -0.4 is 5.32 Å². The van der Waals surface area contributed by atoms with Crippen LogP contribution in [0.2, 0.25) is 0 Å². The lowest BCUT2D eigenvalue weighted by Crippen LogP contribution is -2.23. The van der Waals surface area contributed by atoms with Gasteiger partial charge in [0.1, 0.15) is 0 Å². The number of nitrogens with one attached hydrogen (secondary N) is 1. The molecule has 0 amide bonds. The molecule has 2 aromatic heterocycles. The zero-order valence-corrected chi connectivity index (χ0v) is 11.4. The van der Waals surface area contributed by atoms with Crippen molar-refractivity contribution < 1.29 is 0 Å². The summed E-state index contributed by atoms with van der Waals surface area (Å²) in [6.07, 6.45) is 3.85. The molecular weight excluding hydrogens is 230 g/mol. The van der Waals surface area contributed by atoms with Gasteiger partial charge in [0.15, 0.2) is 0 Å². The van der Waals surface area contributed by atoms with Gasteiger partial charge < -0.3 is 9.88 Å². The Bertz CT molecular complexity index is 470. The zero-order chi connectivity index (χ0) is 12.3. The van der Waals surface area contributed by atoms with Crippen LogP contribution in [0.3, 0.4) is 0 Å². The molecule has 2 rings (SSSR count). The Hall–Kier alpha value is -1.13. The Labute approximate surface area is 107 Å². The molecule has 0 spiro atoms. The molecule has 2 heterocycles. The Kier molecular flexibility index (Phi) is 3.97. The van der Waals surface area contributed by atoms with Crippen LogP contribution in [0.15, 0.2) is 24.7 Å². The first-order valence-electron chi connectivity index (χ1n) is 5.93. The lowest BCUT2D eigenvalue weighted by atomic mass is 10.3. The first-order valence-corrected chi connectivity index (χ1v) is 6.74. The van der Waals surface area contributed by atoms with Crippen molar-refractivity contribution in [2.24, 2.45) is 0 Å². The van der Waals surface area contributed by atoms with Crippen LogP contribution >= 0.6 is 11.3 Å². The van der Waals surface area contributed by atoms with Crippen LogP contribution in [-0.4, -0.2) is 15.6 Å². The molecule has 0 aliphatic heterocycles. The molecule has 0 saturated carbocycles. The SMILES string of the molecule is Cc1ccc(Cn2cncc2CNC(C)C)s1. The molecule has 2 aromatic rings. The quantitative estimate of drug-likeness (QED) is 0.883. The molecule has 0 unspecified atom stereocenters. The highest BCUT2D eigenvalue weighted by atomic mass is 32.1. The van der Waals surface area contributed by atoms with Gasteiger partial charge in [-0.15, -0.1) is 11.3 Å². The van der Waals surface area contributed by atoms with Gasteiger partial charge in [-0.1, -0.05) is 13.8 Å². The Morgan fingerprint density at radius 3 is 2.88 bits per heavy atom. The van der Waals surface area contributed by atoms with Crippen molar-refractivity contribution in [1.29, 1.82) is 0 Å². The Morgan fingerprint density at radius 2 is 2.24 bits per heavy atom. The molecule has 0 saturated heterocycles. The molecule has 4 heteroatoms. The highest BCUT2D eigenvalue weighted by molar-refractivity contribution is 7.11. The molecule has 0 bridgehead atoms. The standard InChI is InChI=1S/C13H19N3S/c1-10(2)15-7-12-6-14-9-16(12)8-13-5-4-11(3)17-13/h4-6,9-10,15H,7-8H2,1-3H3. The maximum absolute atomic E-state index is 4.23. The van der Waals surface area contributed by atoms with Gasteiger partial charge in [0.25, 0.3) is 0 Å². The van der Waals surface area contributed by atoms with Crippen molar-refractivity contribution in [3.05, 3.63) is 40.1 Å². The van der Waals surface area contributed by atoms with Crippen molar-refractivity contribution in [1.82, 2.24) is 14.9 Å². The molecule has 0 radical (unpaired) electrons. The van der Waals surface area contributed by atoms with Gasteiger partial charge in [-0.25, -0.2) is 4.98 Å². The summed E-state index contributed by atoms with van der Waals surface area (Å²) in [5.74, 6) is 0. The minimum absolute atomic E-state index is 0.502. The molecule has 0 aliphatic carbocycles. The summed E-state index contributed by atoms with van der Waals surface area (Å²) in [7, 11) is 0. The highest BCUT2D eigenvalue weighted by Gasteiger charge is 2.04. The van der Waals surface area contributed by atoms with Gasteiger partial charge in [0.05, 0.1) is 18.6 Å². The minimum Gasteiger partial charge on any atom is -0.328 e. The van der Waals surface area contributed by atoms with Gasteiger partial charge in [0.2, 0.25) is 0 Å². The van der Waals surface area contributed by atoms with E-state index in [2.05, 4.69) is 47.8 Å². The van der Waals surface area contributed by atoms with Crippen LogP contribution in [0.4, 0.5) is 0 Å². The monoisotopic (exact) mass is 249 g/mol. The number of imidazole rings is 1. The van der Waals surface area contributed by atoms with E-state index in [1.165, 1.54) is 15.4 Å². The zero-order valence-electron chi connectivity index (χ0n) is 10.6. The van der Waals surface area contributed by atoms with Crippen molar-refractivity contribution in [3.63, 3.8) is 0 Å². The average Bonchev–Trinajstić information content (AvgIpc) is 2.86. The fourth-order valence-electron chi connectivity index (χ4n) is 1.68. The topological polar surface area (TPSA) is 29.9 Å². The van der Waals surface area contributed by atoms with E-state index < -0.39 is 0 Å². The lowest BCUT2D eigenvalue weighted by molar-refractivity contribution is 0.565. The predicted molar refractivity (Wildman–Crippen MR) is 72.4 cm³/mol. The third kappa shape index (κ3) is 3.41. The van der Waals surface area contributed by atoms with Crippen LogP contribution in [0.5, 0.6) is 0 Å². The lowest BCUT2D eigenvalue weighted by Gasteiger charge is -2.10. The number of hydrogen-bond acceptors (Lipinski definition) is 3. The fourth-order valence-corrected chi connectivity index (χ4v) is 2.57. The number of thiophene rings is 1. The van der Waals surface area contributed by atoms with E-state index in [1.54, 1.807) is 0 Å². The Balaban J connectivity index is 2.03. The number of aryl methyl sites for hydroxylation is 1. The second kappa shape index (κ2) is 5.47. The van der Waals surface area contributed by atoms with Crippen molar-refractivity contribution in [3.8, 4) is 0 Å². The van der Waals surface area contributed by atoms with E-state index in [0.717, 1.165) is 13.1 Å². The summed E-state index contributed by atoms with van der Waals surface area (Å²) in [5, 5.41) is 3.42. The molecular formula is C13H19N3S. The van der Waals surface area contributed by atoms with Gasteiger partial charge in [0, 0.05) is 28.5 Å². The van der Waals surface area contributed by atoms with Crippen LogP contribution in [0.1, 0.15) is 29.3 Å². The molecule has 0 atom stereocenters. The summed E-state index contributed by atoms with van der Waals surface area (Å²) < 4.78 is 2.21. The van der Waals surface area contributed by atoms with E-state index in [0.29, 0.717) is 6.04 Å². The molecule has 17 heavy (non-hydrogen) atoms. The highest BCUT2D eigenvalue weighted by Crippen LogP contribution is 2.17. The number of aromatic nitrogens is 2. The predicted octanol–water partition coefficient (Wildman–Crippen LogP) is 2.80. The van der Waals surface area contributed by atoms with E-state index in [4.69, 9.17) is 0 Å². The summed E-state index contributed by atoms with van der Waals surface area (Å²) in [5.41, 5.74) is 1.24. The molecule has 0 fully saturated rings.